The molecule has 1 amide bonds. The van der Waals surface area contributed by atoms with Crippen LogP contribution in [0.15, 0.2) is 17.5 Å². The number of nitrogens with one attached hydrogen (secondary N) is 1. The Morgan fingerprint density at radius 1 is 1.62 bits per heavy atom. The van der Waals surface area contributed by atoms with Crippen molar-refractivity contribution in [1.29, 1.82) is 0 Å². The van der Waals surface area contributed by atoms with Crippen LogP contribution < -0.4 is 5.32 Å². The molecule has 1 fully saturated rings. The molecule has 0 saturated carbocycles. The number of amides is 1. The first-order valence-corrected chi connectivity index (χ1v) is 6.31. The zero-order valence-electron chi connectivity index (χ0n) is 9.06. The van der Waals surface area contributed by atoms with Crippen molar-refractivity contribution in [3.8, 4) is 0 Å². The number of likely N-dealkylation sites (tertiary alicyclic amines) is 1. The molecule has 2 N–H and O–H groups in total. The van der Waals surface area contributed by atoms with Crippen molar-refractivity contribution < 1.29 is 9.90 Å². The topological polar surface area (TPSA) is 52.6 Å². The van der Waals surface area contributed by atoms with Crippen molar-refractivity contribution in [2.75, 3.05) is 26.2 Å². The summed E-state index contributed by atoms with van der Waals surface area (Å²) in [7, 11) is 0. The Morgan fingerprint density at radius 2 is 2.44 bits per heavy atom. The summed E-state index contributed by atoms with van der Waals surface area (Å²) < 4.78 is 0. The van der Waals surface area contributed by atoms with Gasteiger partial charge in [0.1, 0.15) is 0 Å². The lowest BCUT2D eigenvalue weighted by Gasteiger charge is -2.34. The Labute approximate surface area is 98.9 Å². The number of β-amino-alcohol motifs (C(OH)–C–C–N with tert-alkyl or cyclic N) is 1. The van der Waals surface area contributed by atoms with Gasteiger partial charge in [-0.2, -0.15) is 0 Å². The van der Waals surface area contributed by atoms with Gasteiger partial charge in [-0.15, -0.1) is 11.3 Å². The first-order valence-electron chi connectivity index (χ1n) is 5.43. The van der Waals surface area contributed by atoms with Crippen molar-refractivity contribution in [2.45, 2.75) is 12.5 Å². The van der Waals surface area contributed by atoms with E-state index in [-0.39, 0.29) is 12.0 Å². The van der Waals surface area contributed by atoms with E-state index in [4.69, 9.17) is 5.11 Å². The summed E-state index contributed by atoms with van der Waals surface area (Å²) in [5.41, 5.74) is 0. The van der Waals surface area contributed by atoms with Crippen molar-refractivity contribution in [1.82, 2.24) is 10.2 Å². The first-order chi connectivity index (χ1) is 7.74. The van der Waals surface area contributed by atoms with E-state index in [0.717, 1.165) is 6.42 Å². The second-order valence-electron chi connectivity index (χ2n) is 4.03. The normalized spacial score (nSPS) is 17.1. The van der Waals surface area contributed by atoms with Crippen molar-refractivity contribution in [3.05, 3.63) is 22.4 Å². The minimum absolute atomic E-state index is 0.0449. The van der Waals surface area contributed by atoms with E-state index in [9.17, 15) is 4.79 Å². The number of hydrogen-bond acceptors (Lipinski definition) is 4. The molecular weight excluding hydrogens is 224 g/mol. The molecule has 16 heavy (non-hydrogen) atoms. The Kier molecular flexibility index (Phi) is 3.93. The molecule has 88 valence electrons. The summed E-state index contributed by atoms with van der Waals surface area (Å²) >= 11 is 1.71. The minimum Gasteiger partial charge on any atom is -0.390 e. The highest BCUT2D eigenvalue weighted by atomic mass is 32.1. The van der Waals surface area contributed by atoms with Gasteiger partial charge < -0.3 is 10.4 Å². The molecular formula is C11H16N2O2S. The monoisotopic (exact) mass is 240 g/mol. The predicted octanol–water partition coefficient (Wildman–Crippen LogP) is 0.0833. The molecule has 0 atom stereocenters. The maximum atomic E-state index is 11.5. The molecule has 2 rings (SSSR count). The van der Waals surface area contributed by atoms with Gasteiger partial charge in [0.2, 0.25) is 5.91 Å². The van der Waals surface area contributed by atoms with Crippen LogP contribution in [0.25, 0.3) is 0 Å². The number of carbonyl (C=O) groups excluding carboxylic acids is 1. The van der Waals surface area contributed by atoms with Gasteiger partial charge in [-0.25, -0.2) is 0 Å². The van der Waals surface area contributed by atoms with E-state index in [0.29, 0.717) is 26.2 Å². The second-order valence-corrected chi connectivity index (χ2v) is 5.06. The Balaban J connectivity index is 1.57. The van der Waals surface area contributed by atoms with Crippen LogP contribution in [0.4, 0.5) is 0 Å². The highest BCUT2D eigenvalue weighted by molar-refractivity contribution is 7.09. The molecule has 1 aromatic heterocycles. The van der Waals surface area contributed by atoms with E-state index in [1.807, 2.05) is 16.3 Å². The Bertz CT molecular complexity index is 334. The fourth-order valence-corrected chi connectivity index (χ4v) is 2.42. The van der Waals surface area contributed by atoms with Crippen LogP contribution in [0.5, 0.6) is 0 Å². The third kappa shape index (κ3) is 3.30. The molecule has 1 aliphatic rings. The average molecular weight is 240 g/mol. The number of hydrogen-bond donors (Lipinski definition) is 2. The maximum absolute atomic E-state index is 11.5. The number of carbonyl (C=O) groups is 1. The average Bonchev–Trinajstić information content (AvgIpc) is 2.68. The fourth-order valence-electron chi connectivity index (χ4n) is 1.71. The van der Waals surface area contributed by atoms with E-state index >= 15 is 0 Å². The van der Waals surface area contributed by atoms with Crippen LogP contribution in [0.1, 0.15) is 4.88 Å². The van der Waals surface area contributed by atoms with E-state index in [2.05, 4.69) is 11.4 Å². The number of rotatable bonds is 5. The molecule has 0 spiro atoms. The van der Waals surface area contributed by atoms with Crippen molar-refractivity contribution >= 4 is 17.2 Å². The third-order valence-corrected chi connectivity index (χ3v) is 3.51. The molecule has 1 aliphatic heterocycles. The predicted molar refractivity (Wildman–Crippen MR) is 63.5 cm³/mol. The molecule has 0 aliphatic carbocycles. The van der Waals surface area contributed by atoms with E-state index < -0.39 is 0 Å². The highest BCUT2D eigenvalue weighted by Crippen LogP contribution is 2.08. The van der Waals surface area contributed by atoms with Crippen LogP contribution in [0.2, 0.25) is 0 Å². The number of aliphatic hydroxyl groups is 1. The summed E-state index contributed by atoms with van der Waals surface area (Å²) in [6.07, 6.45) is 0.658. The summed E-state index contributed by atoms with van der Waals surface area (Å²) in [6.45, 7) is 2.34. The Morgan fingerprint density at radius 3 is 3.06 bits per heavy atom. The number of thiophene rings is 1. The van der Waals surface area contributed by atoms with Gasteiger partial charge in [0.25, 0.3) is 0 Å². The molecule has 0 bridgehead atoms. The largest absolute Gasteiger partial charge is 0.390 e. The zero-order valence-corrected chi connectivity index (χ0v) is 9.87. The maximum Gasteiger partial charge on any atom is 0.234 e. The third-order valence-electron chi connectivity index (χ3n) is 2.58. The quantitative estimate of drug-likeness (QED) is 0.766. The SMILES string of the molecule is O=C(CN1CC(O)C1)NCCc1cccs1. The van der Waals surface area contributed by atoms with Gasteiger partial charge in [0.15, 0.2) is 0 Å². The van der Waals surface area contributed by atoms with Gasteiger partial charge in [-0.05, 0) is 17.9 Å². The molecule has 1 saturated heterocycles. The highest BCUT2D eigenvalue weighted by Gasteiger charge is 2.25. The van der Waals surface area contributed by atoms with Gasteiger partial charge in [0, 0.05) is 24.5 Å². The molecule has 4 nitrogen and oxygen atoms in total. The van der Waals surface area contributed by atoms with Gasteiger partial charge >= 0.3 is 0 Å². The lowest BCUT2D eigenvalue weighted by molar-refractivity contribution is -0.124. The van der Waals surface area contributed by atoms with Crippen LogP contribution in [0.3, 0.4) is 0 Å². The molecule has 1 aromatic rings. The van der Waals surface area contributed by atoms with Crippen molar-refractivity contribution in [3.63, 3.8) is 0 Å². The molecule has 0 radical (unpaired) electrons. The van der Waals surface area contributed by atoms with Crippen molar-refractivity contribution in [2.24, 2.45) is 0 Å². The first kappa shape index (κ1) is 11.6. The summed E-state index contributed by atoms with van der Waals surface area (Å²) in [5.74, 6) is 0.0449. The van der Waals surface area contributed by atoms with Crippen LogP contribution in [-0.4, -0.2) is 48.2 Å². The smallest absolute Gasteiger partial charge is 0.234 e. The zero-order chi connectivity index (χ0) is 11.4. The standard InChI is InChI=1S/C11H16N2O2S/c14-9-6-13(7-9)8-11(15)12-4-3-10-2-1-5-16-10/h1-2,5,9,14H,3-4,6-8H2,(H,12,15). The molecule has 0 unspecified atom stereocenters. The van der Waals surface area contributed by atoms with Gasteiger partial charge in [0.05, 0.1) is 12.6 Å². The number of aliphatic hydroxyl groups excluding tert-OH is 1. The second kappa shape index (κ2) is 5.43. The summed E-state index contributed by atoms with van der Waals surface area (Å²) in [5, 5.41) is 14.0. The van der Waals surface area contributed by atoms with E-state index in [1.165, 1.54) is 4.88 Å². The van der Waals surface area contributed by atoms with Crippen LogP contribution >= 0.6 is 11.3 Å². The fraction of sp³-hybridized carbons (Fsp3) is 0.545. The summed E-state index contributed by atoms with van der Waals surface area (Å²) in [4.78, 5) is 14.7. The van der Waals surface area contributed by atoms with E-state index in [1.54, 1.807) is 11.3 Å². The lowest BCUT2D eigenvalue weighted by Crippen LogP contribution is -2.54. The molecule has 5 heteroatoms. The molecule has 2 heterocycles. The lowest BCUT2D eigenvalue weighted by atomic mass is 10.2. The Hall–Kier alpha value is -0.910. The van der Waals surface area contributed by atoms with Gasteiger partial charge in [-0.1, -0.05) is 6.07 Å². The minimum atomic E-state index is -0.237. The van der Waals surface area contributed by atoms with Crippen LogP contribution in [-0.2, 0) is 11.2 Å². The molecule has 0 aromatic carbocycles. The van der Waals surface area contributed by atoms with Gasteiger partial charge in [-0.3, -0.25) is 9.69 Å². The number of nitrogens with zero attached hydrogens (tertiary/aromatic N) is 1. The van der Waals surface area contributed by atoms with Crippen LogP contribution in [0, 0.1) is 0 Å². The summed E-state index contributed by atoms with van der Waals surface area (Å²) in [6, 6.07) is 4.09.